The highest BCUT2D eigenvalue weighted by molar-refractivity contribution is 4.80. The van der Waals surface area contributed by atoms with Gasteiger partial charge in [0.2, 0.25) is 0 Å². The van der Waals surface area contributed by atoms with Crippen molar-refractivity contribution in [1.82, 2.24) is 10.2 Å². The van der Waals surface area contributed by atoms with Gasteiger partial charge in [0, 0.05) is 12.1 Å². The maximum Gasteiger partial charge on any atom is 0.00798 e. The molecule has 1 N–H and O–H groups in total. The monoisotopic (exact) mass is 252 g/mol. The zero-order chi connectivity index (χ0) is 13.0. The summed E-state index contributed by atoms with van der Waals surface area (Å²) in [4.78, 5) is 2.64. The summed E-state index contributed by atoms with van der Waals surface area (Å²) in [5.41, 5.74) is 0. The van der Waals surface area contributed by atoms with Gasteiger partial charge >= 0.3 is 0 Å². The fraction of sp³-hybridized carbons (Fsp3) is 1.00. The van der Waals surface area contributed by atoms with E-state index in [9.17, 15) is 0 Å². The van der Waals surface area contributed by atoms with Crippen molar-refractivity contribution in [3.05, 3.63) is 0 Å². The Labute approximate surface area is 114 Å². The van der Waals surface area contributed by atoms with Crippen molar-refractivity contribution in [2.45, 2.75) is 71.4 Å². The normalized spacial score (nSPS) is 35.0. The van der Waals surface area contributed by atoms with Crippen LogP contribution >= 0.6 is 0 Å². The summed E-state index contributed by atoms with van der Waals surface area (Å²) < 4.78 is 0. The predicted octanol–water partition coefficient (Wildman–Crippen LogP) is 3.28. The van der Waals surface area contributed by atoms with Gasteiger partial charge in [-0.05, 0) is 71.0 Å². The summed E-state index contributed by atoms with van der Waals surface area (Å²) in [6, 6.07) is 1.50. The first kappa shape index (κ1) is 14.3. The topological polar surface area (TPSA) is 15.3 Å². The molecular formula is C16H32N2. The molecule has 1 aliphatic heterocycles. The number of nitrogens with zero attached hydrogens (tertiary/aromatic N) is 1. The molecule has 1 aliphatic carbocycles. The van der Waals surface area contributed by atoms with Crippen molar-refractivity contribution >= 4 is 0 Å². The van der Waals surface area contributed by atoms with E-state index in [1.54, 1.807) is 0 Å². The van der Waals surface area contributed by atoms with Crippen LogP contribution in [0, 0.1) is 11.8 Å². The van der Waals surface area contributed by atoms with E-state index in [0.29, 0.717) is 0 Å². The van der Waals surface area contributed by atoms with Crippen LogP contribution in [-0.4, -0.2) is 36.6 Å². The lowest BCUT2D eigenvalue weighted by molar-refractivity contribution is 0.228. The van der Waals surface area contributed by atoms with E-state index in [2.05, 4.69) is 31.0 Å². The fourth-order valence-electron chi connectivity index (χ4n) is 3.68. The molecule has 0 aromatic carbocycles. The molecule has 3 atom stereocenters. The Balaban J connectivity index is 1.70. The quantitative estimate of drug-likeness (QED) is 0.826. The van der Waals surface area contributed by atoms with Gasteiger partial charge in [0.05, 0.1) is 0 Å². The number of rotatable bonds is 4. The maximum atomic E-state index is 3.87. The second-order valence-corrected chi connectivity index (χ2v) is 6.83. The van der Waals surface area contributed by atoms with E-state index in [0.717, 1.165) is 23.9 Å². The van der Waals surface area contributed by atoms with E-state index < -0.39 is 0 Å². The van der Waals surface area contributed by atoms with Crippen LogP contribution in [-0.2, 0) is 0 Å². The number of hydrogen-bond acceptors (Lipinski definition) is 2. The molecule has 3 unspecified atom stereocenters. The molecule has 0 amide bonds. The van der Waals surface area contributed by atoms with E-state index in [1.807, 2.05) is 0 Å². The van der Waals surface area contributed by atoms with Crippen LogP contribution in [0.2, 0.25) is 0 Å². The molecule has 1 saturated carbocycles. The van der Waals surface area contributed by atoms with Crippen molar-refractivity contribution in [1.29, 1.82) is 0 Å². The molecule has 2 heteroatoms. The molecule has 2 fully saturated rings. The molecule has 1 heterocycles. The first-order chi connectivity index (χ1) is 8.66. The molecule has 18 heavy (non-hydrogen) atoms. The molecule has 2 aliphatic rings. The molecule has 2 rings (SSSR count). The van der Waals surface area contributed by atoms with Gasteiger partial charge in [-0.25, -0.2) is 0 Å². The van der Waals surface area contributed by atoms with Crippen molar-refractivity contribution in [3.8, 4) is 0 Å². The fourth-order valence-corrected chi connectivity index (χ4v) is 3.68. The summed E-state index contributed by atoms with van der Waals surface area (Å²) in [6.45, 7) is 11.0. The lowest BCUT2D eigenvalue weighted by Crippen LogP contribution is -2.36. The molecule has 0 aromatic heterocycles. The summed E-state index contributed by atoms with van der Waals surface area (Å²) >= 11 is 0. The molecule has 0 radical (unpaired) electrons. The van der Waals surface area contributed by atoms with Gasteiger partial charge < -0.3 is 10.2 Å². The van der Waals surface area contributed by atoms with Gasteiger partial charge in [-0.3, -0.25) is 0 Å². The van der Waals surface area contributed by atoms with Gasteiger partial charge in [-0.15, -0.1) is 0 Å². The smallest absolute Gasteiger partial charge is 0.00798 e. The minimum absolute atomic E-state index is 0.721. The van der Waals surface area contributed by atoms with Crippen LogP contribution in [0.15, 0.2) is 0 Å². The summed E-state index contributed by atoms with van der Waals surface area (Å²) in [5, 5.41) is 3.87. The van der Waals surface area contributed by atoms with Crippen molar-refractivity contribution < 1.29 is 0 Å². The van der Waals surface area contributed by atoms with E-state index in [-0.39, 0.29) is 0 Å². The number of nitrogens with one attached hydrogen (secondary N) is 1. The van der Waals surface area contributed by atoms with Gasteiger partial charge in [-0.1, -0.05) is 19.8 Å². The SMILES string of the molecule is CC1CCCC1CNC1CCCN(C(C)C)CC1. The van der Waals surface area contributed by atoms with Crippen LogP contribution in [0.5, 0.6) is 0 Å². The van der Waals surface area contributed by atoms with Gasteiger partial charge in [-0.2, -0.15) is 0 Å². The Bertz CT molecular complexity index is 239. The van der Waals surface area contributed by atoms with Gasteiger partial charge in [0.25, 0.3) is 0 Å². The molecule has 2 nitrogen and oxygen atoms in total. The lowest BCUT2D eigenvalue weighted by Gasteiger charge is -2.25. The highest BCUT2D eigenvalue weighted by Gasteiger charge is 2.24. The van der Waals surface area contributed by atoms with Crippen LogP contribution in [0.4, 0.5) is 0 Å². The molecule has 1 saturated heterocycles. The highest BCUT2D eigenvalue weighted by atomic mass is 15.1. The van der Waals surface area contributed by atoms with Crippen molar-refractivity contribution in [2.75, 3.05) is 19.6 Å². The third-order valence-electron chi connectivity index (χ3n) is 5.20. The Morgan fingerprint density at radius 3 is 2.56 bits per heavy atom. The zero-order valence-electron chi connectivity index (χ0n) is 12.6. The van der Waals surface area contributed by atoms with E-state index >= 15 is 0 Å². The second-order valence-electron chi connectivity index (χ2n) is 6.83. The molecule has 0 bridgehead atoms. The first-order valence-corrected chi connectivity index (χ1v) is 8.14. The maximum absolute atomic E-state index is 3.87. The zero-order valence-corrected chi connectivity index (χ0v) is 12.6. The van der Waals surface area contributed by atoms with E-state index in [1.165, 1.54) is 58.2 Å². The molecule has 106 valence electrons. The van der Waals surface area contributed by atoms with Crippen molar-refractivity contribution in [3.63, 3.8) is 0 Å². The summed E-state index contributed by atoms with van der Waals surface area (Å²) in [7, 11) is 0. The number of likely N-dealkylation sites (tertiary alicyclic amines) is 1. The minimum Gasteiger partial charge on any atom is -0.314 e. The predicted molar refractivity (Wildman–Crippen MR) is 78.9 cm³/mol. The average Bonchev–Trinajstić information content (AvgIpc) is 2.62. The second kappa shape index (κ2) is 6.91. The average molecular weight is 252 g/mol. The standard InChI is InChI=1S/C16H32N2/c1-13(2)18-10-5-8-16(9-11-18)17-12-15-7-4-6-14(15)3/h13-17H,4-12H2,1-3H3. The largest absolute Gasteiger partial charge is 0.314 e. The Hall–Kier alpha value is -0.0800. The van der Waals surface area contributed by atoms with Gasteiger partial charge in [0.15, 0.2) is 0 Å². The van der Waals surface area contributed by atoms with Crippen molar-refractivity contribution in [2.24, 2.45) is 11.8 Å². The summed E-state index contributed by atoms with van der Waals surface area (Å²) in [6.07, 6.45) is 8.47. The lowest BCUT2D eigenvalue weighted by atomic mass is 9.97. The van der Waals surface area contributed by atoms with Crippen LogP contribution in [0.25, 0.3) is 0 Å². The summed E-state index contributed by atoms with van der Waals surface area (Å²) in [5.74, 6) is 1.91. The Morgan fingerprint density at radius 1 is 1.06 bits per heavy atom. The molecular weight excluding hydrogens is 220 g/mol. The Morgan fingerprint density at radius 2 is 1.89 bits per heavy atom. The third kappa shape index (κ3) is 3.96. The molecule has 0 aromatic rings. The highest BCUT2D eigenvalue weighted by Crippen LogP contribution is 2.30. The third-order valence-corrected chi connectivity index (χ3v) is 5.20. The van der Waals surface area contributed by atoms with Crippen LogP contribution in [0.1, 0.15) is 59.3 Å². The van der Waals surface area contributed by atoms with Crippen LogP contribution < -0.4 is 5.32 Å². The van der Waals surface area contributed by atoms with Gasteiger partial charge in [0.1, 0.15) is 0 Å². The Kier molecular flexibility index (Phi) is 5.50. The van der Waals surface area contributed by atoms with Crippen LogP contribution in [0.3, 0.4) is 0 Å². The molecule has 0 spiro atoms. The first-order valence-electron chi connectivity index (χ1n) is 8.14. The van der Waals surface area contributed by atoms with E-state index in [4.69, 9.17) is 0 Å². The minimum atomic E-state index is 0.721. The number of hydrogen-bond donors (Lipinski definition) is 1.